The molecule has 92 valence electrons. The minimum atomic E-state index is -0.238. The molecule has 4 heteroatoms. The lowest BCUT2D eigenvalue weighted by molar-refractivity contribution is 0.370. The zero-order valence-electron chi connectivity index (χ0n) is 10.3. The van der Waals surface area contributed by atoms with Crippen LogP contribution in [-0.2, 0) is 0 Å². The molecular formula is C13H17FN2S. The van der Waals surface area contributed by atoms with Crippen molar-refractivity contribution < 1.29 is 4.39 Å². The number of rotatable bonds is 3. The summed E-state index contributed by atoms with van der Waals surface area (Å²) in [5, 5.41) is 0. The Morgan fingerprint density at radius 2 is 2.12 bits per heavy atom. The lowest BCUT2D eigenvalue weighted by atomic mass is 10.0. The number of aromatic amines is 1. The SMILES string of the molecule is CCC(C(C)C)n1c(=S)[nH]c2cc(F)ccc21. The fourth-order valence-electron chi connectivity index (χ4n) is 2.38. The lowest BCUT2D eigenvalue weighted by Gasteiger charge is -2.21. The Balaban J connectivity index is 2.68. The monoisotopic (exact) mass is 252 g/mol. The molecule has 0 fully saturated rings. The molecule has 0 saturated heterocycles. The Hall–Kier alpha value is -1.16. The number of nitrogens with zero attached hydrogens (tertiary/aromatic N) is 1. The summed E-state index contributed by atoms with van der Waals surface area (Å²) in [6.45, 7) is 6.51. The largest absolute Gasteiger partial charge is 0.330 e. The van der Waals surface area contributed by atoms with Crippen molar-refractivity contribution in [2.24, 2.45) is 5.92 Å². The summed E-state index contributed by atoms with van der Waals surface area (Å²) in [7, 11) is 0. The van der Waals surface area contributed by atoms with E-state index < -0.39 is 0 Å². The topological polar surface area (TPSA) is 20.7 Å². The van der Waals surface area contributed by atoms with Gasteiger partial charge in [-0.05, 0) is 42.8 Å². The molecule has 0 saturated carbocycles. The van der Waals surface area contributed by atoms with Crippen molar-refractivity contribution >= 4 is 23.3 Å². The number of fused-ring (bicyclic) bond motifs is 1. The molecule has 0 radical (unpaired) electrons. The van der Waals surface area contributed by atoms with E-state index in [4.69, 9.17) is 12.2 Å². The maximum Gasteiger partial charge on any atom is 0.178 e. The normalized spacial score (nSPS) is 13.5. The summed E-state index contributed by atoms with van der Waals surface area (Å²) in [6, 6.07) is 5.12. The van der Waals surface area contributed by atoms with Crippen LogP contribution < -0.4 is 0 Å². The van der Waals surface area contributed by atoms with Gasteiger partial charge in [-0.3, -0.25) is 0 Å². The second kappa shape index (κ2) is 4.61. The minimum Gasteiger partial charge on any atom is -0.330 e. The molecular weight excluding hydrogens is 235 g/mol. The average Bonchev–Trinajstić information content (AvgIpc) is 2.55. The standard InChI is InChI=1S/C13H17FN2S/c1-4-11(8(2)3)16-12-6-5-9(14)7-10(12)15-13(16)17/h5-8,11H,4H2,1-3H3,(H,15,17). The molecule has 0 spiro atoms. The Labute approximate surface area is 105 Å². The Morgan fingerprint density at radius 3 is 2.71 bits per heavy atom. The van der Waals surface area contributed by atoms with Gasteiger partial charge in [0.25, 0.3) is 0 Å². The van der Waals surface area contributed by atoms with Crippen molar-refractivity contribution in [2.45, 2.75) is 33.2 Å². The first-order chi connectivity index (χ1) is 8.04. The van der Waals surface area contributed by atoms with Gasteiger partial charge in [-0.15, -0.1) is 0 Å². The van der Waals surface area contributed by atoms with Gasteiger partial charge in [0.1, 0.15) is 5.82 Å². The quantitative estimate of drug-likeness (QED) is 0.801. The summed E-state index contributed by atoms with van der Waals surface area (Å²) in [6.07, 6.45) is 1.01. The van der Waals surface area contributed by atoms with Crippen molar-refractivity contribution in [3.05, 3.63) is 28.8 Å². The Kier molecular flexibility index (Phi) is 3.33. The second-order valence-corrected chi connectivity index (χ2v) is 5.07. The fourth-order valence-corrected chi connectivity index (χ4v) is 2.73. The highest BCUT2D eigenvalue weighted by Crippen LogP contribution is 2.27. The van der Waals surface area contributed by atoms with Crippen LogP contribution in [0.5, 0.6) is 0 Å². The average molecular weight is 252 g/mol. The first-order valence-electron chi connectivity index (χ1n) is 5.94. The third kappa shape index (κ3) is 2.14. The number of benzene rings is 1. The molecule has 0 aliphatic heterocycles. The van der Waals surface area contributed by atoms with Crippen molar-refractivity contribution in [3.8, 4) is 0 Å². The van der Waals surface area contributed by atoms with Crippen molar-refractivity contribution in [1.82, 2.24) is 9.55 Å². The first-order valence-corrected chi connectivity index (χ1v) is 6.35. The molecule has 1 unspecified atom stereocenters. The molecule has 0 aliphatic carbocycles. The third-order valence-corrected chi connectivity index (χ3v) is 3.50. The Morgan fingerprint density at radius 1 is 1.41 bits per heavy atom. The third-order valence-electron chi connectivity index (χ3n) is 3.20. The number of imidazole rings is 1. The van der Waals surface area contributed by atoms with Gasteiger partial charge in [-0.1, -0.05) is 20.8 Å². The molecule has 0 bridgehead atoms. The van der Waals surface area contributed by atoms with Gasteiger partial charge in [0.15, 0.2) is 4.77 Å². The molecule has 0 aliphatic rings. The van der Waals surface area contributed by atoms with E-state index >= 15 is 0 Å². The number of nitrogens with one attached hydrogen (secondary N) is 1. The van der Waals surface area contributed by atoms with Crippen LogP contribution in [0.2, 0.25) is 0 Å². The van der Waals surface area contributed by atoms with E-state index in [0.717, 1.165) is 17.5 Å². The van der Waals surface area contributed by atoms with Gasteiger partial charge >= 0.3 is 0 Å². The molecule has 2 aromatic rings. The highest BCUT2D eigenvalue weighted by atomic mass is 32.1. The first kappa shape index (κ1) is 12.3. The van der Waals surface area contributed by atoms with Crippen LogP contribution in [0.4, 0.5) is 4.39 Å². The number of hydrogen-bond acceptors (Lipinski definition) is 1. The lowest BCUT2D eigenvalue weighted by Crippen LogP contribution is -2.14. The van der Waals surface area contributed by atoms with Gasteiger partial charge in [-0.25, -0.2) is 4.39 Å². The zero-order valence-corrected chi connectivity index (χ0v) is 11.1. The van der Waals surface area contributed by atoms with E-state index in [2.05, 4.69) is 30.3 Å². The summed E-state index contributed by atoms with van der Waals surface area (Å²) < 4.78 is 15.9. The van der Waals surface area contributed by atoms with Gasteiger partial charge in [0.05, 0.1) is 11.0 Å². The van der Waals surface area contributed by atoms with E-state index in [1.165, 1.54) is 12.1 Å². The van der Waals surface area contributed by atoms with Crippen LogP contribution in [-0.4, -0.2) is 9.55 Å². The summed E-state index contributed by atoms with van der Waals surface area (Å²) in [5.74, 6) is 0.259. The molecule has 0 amide bonds. The molecule has 17 heavy (non-hydrogen) atoms. The molecule has 2 nitrogen and oxygen atoms in total. The van der Waals surface area contributed by atoms with E-state index in [1.54, 1.807) is 6.07 Å². The molecule has 2 rings (SSSR count). The minimum absolute atomic E-state index is 0.238. The van der Waals surface area contributed by atoms with Gasteiger partial charge < -0.3 is 9.55 Å². The van der Waals surface area contributed by atoms with Crippen LogP contribution in [0.25, 0.3) is 11.0 Å². The van der Waals surface area contributed by atoms with Gasteiger partial charge in [-0.2, -0.15) is 0 Å². The summed E-state index contributed by atoms with van der Waals surface area (Å²) in [5.41, 5.74) is 1.76. The van der Waals surface area contributed by atoms with Crippen molar-refractivity contribution in [1.29, 1.82) is 0 Å². The second-order valence-electron chi connectivity index (χ2n) is 4.68. The number of halogens is 1. The fraction of sp³-hybridized carbons (Fsp3) is 0.462. The van der Waals surface area contributed by atoms with E-state index in [1.807, 2.05) is 0 Å². The molecule has 1 heterocycles. The van der Waals surface area contributed by atoms with Crippen LogP contribution in [0.3, 0.4) is 0 Å². The van der Waals surface area contributed by atoms with Crippen LogP contribution in [0.15, 0.2) is 18.2 Å². The van der Waals surface area contributed by atoms with Gasteiger partial charge in [0.2, 0.25) is 0 Å². The molecule has 1 N–H and O–H groups in total. The maximum atomic E-state index is 13.2. The van der Waals surface area contributed by atoms with E-state index in [-0.39, 0.29) is 5.82 Å². The smallest absolute Gasteiger partial charge is 0.178 e. The van der Waals surface area contributed by atoms with E-state index in [9.17, 15) is 4.39 Å². The van der Waals surface area contributed by atoms with Gasteiger partial charge in [0, 0.05) is 6.04 Å². The van der Waals surface area contributed by atoms with Crippen LogP contribution in [0, 0.1) is 16.5 Å². The van der Waals surface area contributed by atoms with Crippen molar-refractivity contribution in [2.75, 3.05) is 0 Å². The number of H-pyrrole nitrogens is 1. The summed E-state index contributed by atoms with van der Waals surface area (Å²) in [4.78, 5) is 3.08. The number of hydrogen-bond donors (Lipinski definition) is 1. The predicted molar refractivity (Wildman–Crippen MR) is 71.2 cm³/mol. The molecule has 1 atom stereocenters. The zero-order chi connectivity index (χ0) is 12.6. The van der Waals surface area contributed by atoms with Crippen LogP contribution in [0.1, 0.15) is 33.2 Å². The number of aromatic nitrogens is 2. The predicted octanol–water partition coefficient (Wildman–Crippen LogP) is 4.45. The van der Waals surface area contributed by atoms with Crippen LogP contribution >= 0.6 is 12.2 Å². The van der Waals surface area contributed by atoms with Crippen molar-refractivity contribution in [3.63, 3.8) is 0 Å². The maximum absolute atomic E-state index is 13.2. The molecule has 1 aromatic carbocycles. The highest BCUT2D eigenvalue weighted by molar-refractivity contribution is 7.71. The molecule has 1 aromatic heterocycles. The summed E-state index contributed by atoms with van der Waals surface area (Å²) >= 11 is 5.34. The van der Waals surface area contributed by atoms with E-state index in [0.29, 0.717) is 16.7 Å². The highest BCUT2D eigenvalue weighted by Gasteiger charge is 2.17. The Bertz CT molecular complexity index is 583.